The van der Waals surface area contributed by atoms with Gasteiger partial charge in [0.25, 0.3) is 5.91 Å². The van der Waals surface area contributed by atoms with Gasteiger partial charge in [-0.15, -0.1) is 0 Å². The number of anilines is 1. The minimum atomic E-state index is -4.49. The number of carbonyl (C=O) groups excluding carboxylic acids is 1. The Morgan fingerprint density at radius 1 is 1.11 bits per heavy atom. The van der Waals surface area contributed by atoms with Crippen LogP contribution in [0.1, 0.15) is 34.3 Å². The number of nitrogens with zero attached hydrogens (tertiary/aromatic N) is 2. The van der Waals surface area contributed by atoms with Crippen LogP contribution in [0.2, 0.25) is 0 Å². The molecule has 0 spiro atoms. The first-order valence-electron chi connectivity index (χ1n) is 11.1. The first-order valence-corrected chi connectivity index (χ1v) is 12.0. The van der Waals surface area contributed by atoms with Crippen molar-refractivity contribution in [2.75, 3.05) is 12.4 Å². The molecule has 0 saturated carbocycles. The monoisotopic (exact) mass is 508 g/mol. The summed E-state index contributed by atoms with van der Waals surface area (Å²) in [5, 5.41) is 6.66. The molecule has 1 amide bonds. The topological polar surface area (TPSA) is 66.4 Å². The first kappa shape index (κ1) is 25.2. The van der Waals surface area contributed by atoms with Crippen LogP contribution in [0.3, 0.4) is 0 Å². The Bertz CT molecular complexity index is 1350. The van der Waals surface area contributed by atoms with Gasteiger partial charge in [-0.25, -0.2) is 4.98 Å². The van der Waals surface area contributed by atoms with E-state index >= 15 is 0 Å². The molecule has 2 N–H and O–H groups in total. The summed E-state index contributed by atoms with van der Waals surface area (Å²) in [5.41, 5.74) is 1.32. The zero-order valence-corrected chi connectivity index (χ0v) is 20.2. The van der Waals surface area contributed by atoms with Gasteiger partial charge in [-0.3, -0.25) is 9.79 Å². The molecule has 4 rings (SSSR count). The summed E-state index contributed by atoms with van der Waals surface area (Å²) in [6.07, 6.45) is 4.97. The van der Waals surface area contributed by atoms with Crippen LogP contribution in [0.4, 0.5) is 18.9 Å². The van der Waals surface area contributed by atoms with Crippen molar-refractivity contribution in [2.45, 2.75) is 28.9 Å². The van der Waals surface area contributed by atoms with E-state index in [1.54, 1.807) is 31.4 Å². The van der Waals surface area contributed by atoms with E-state index in [4.69, 9.17) is 0 Å². The number of amidine groups is 1. The minimum Gasteiger partial charge on any atom is -0.344 e. The van der Waals surface area contributed by atoms with E-state index < -0.39 is 17.6 Å². The van der Waals surface area contributed by atoms with Gasteiger partial charge in [0, 0.05) is 47.1 Å². The highest BCUT2D eigenvalue weighted by Gasteiger charge is 2.30. The Kier molecular flexibility index (Phi) is 7.90. The third-order valence-electron chi connectivity index (χ3n) is 5.32. The fourth-order valence-electron chi connectivity index (χ4n) is 3.53. The number of nitrogens with one attached hydrogen (secondary N) is 2. The predicted molar refractivity (Wildman–Crippen MR) is 137 cm³/mol. The molecule has 184 valence electrons. The second kappa shape index (κ2) is 11.3. The van der Waals surface area contributed by atoms with Crippen molar-refractivity contribution in [1.82, 2.24) is 10.3 Å². The van der Waals surface area contributed by atoms with E-state index in [9.17, 15) is 18.0 Å². The number of alkyl halides is 3. The van der Waals surface area contributed by atoms with Crippen LogP contribution in [-0.2, 0) is 6.18 Å². The van der Waals surface area contributed by atoms with Gasteiger partial charge in [-0.1, -0.05) is 36.0 Å². The van der Waals surface area contributed by atoms with Crippen molar-refractivity contribution in [3.8, 4) is 0 Å². The van der Waals surface area contributed by atoms with Crippen LogP contribution in [0.25, 0.3) is 5.70 Å². The highest BCUT2D eigenvalue weighted by atomic mass is 32.2. The predicted octanol–water partition coefficient (Wildman–Crippen LogP) is 6.81. The van der Waals surface area contributed by atoms with Crippen LogP contribution < -0.4 is 10.6 Å². The molecular formula is C27H23F3N4OS. The normalized spacial score (nSPS) is 15.0. The molecule has 2 aromatic carbocycles. The van der Waals surface area contributed by atoms with Crippen molar-refractivity contribution in [2.24, 2.45) is 4.99 Å². The van der Waals surface area contributed by atoms with Gasteiger partial charge in [0.2, 0.25) is 0 Å². The van der Waals surface area contributed by atoms with E-state index in [2.05, 4.69) is 26.7 Å². The van der Waals surface area contributed by atoms with Gasteiger partial charge >= 0.3 is 6.18 Å². The number of pyridine rings is 1. The molecular weight excluding hydrogens is 485 g/mol. The van der Waals surface area contributed by atoms with Gasteiger partial charge in [0.15, 0.2) is 0 Å². The van der Waals surface area contributed by atoms with Crippen molar-refractivity contribution < 1.29 is 18.0 Å². The maximum atomic E-state index is 13.0. The van der Waals surface area contributed by atoms with E-state index in [-0.39, 0.29) is 5.69 Å². The quantitative estimate of drug-likeness (QED) is 0.397. The third kappa shape index (κ3) is 6.42. The Morgan fingerprint density at radius 3 is 2.75 bits per heavy atom. The number of aliphatic imine (C=N–C) groups is 1. The molecule has 9 heteroatoms. The van der Waals surface area contributed by atoms with Gasteiger partial charge in [0.1, 0.15) is 10.9 Å². The average Bonchev–Trinajstić information content (AvgIpc) is 2.84. The number of hydrogen-bond donors (Lipinski definition) is 2. The molecule has 1 aliphatic rings. The van der Waals surface area contributed by atoms with Gasteiger partial charge in [0.05, 0.1) is 5.56 Å². The summed E-state index contributed by atoms with van der Waals surface area (Å²) in [4.78, 5) is 22.4. The molecule has 1 aliphatic heterocycles. The number of rotatable bonds is 5. The van der Waals surface area contributed by atoms with Crippen molar-refractivity contribution in [1.29, 1.82) is 0 Å². The largest absolute Gasteiger partial charge is 0.416 e. The lowest BCUT2D eigenvalue weighted by Crippen LogP contribution is -2.22. The number of allylic oxidation sites excluding steroid dienone is 3. The van der Waals surface area contributed by atoms with E-state index in [0.717, 1.165) is 52.0 Å². The molecule has 0 bridgehead atoms. The molecule has 0 saturated heterocycles. The minimum absolute atomic E-state index is 0.0728. The molecule has 0 unspecified atom stereocenters. The van der Waals surface area contributed by atoms with E-state index in [1.165, 1.54) is 23.9 Å². The molecule has 5 nitrogen and oxygen atoms in total. The Hall–Kier alpha value is -3.85. The van der Waals surface area contributed by atoms with Crippen molar-refractivity contribution in [3.05, 3.63) is 102 Å². The first-order chi connectivity index (χ1) is 17.3. The number of amides is 1. The second-order valence-corrected chi connectivity index (χ2v) is 8.92. The Morgan fingerprint density at radius 2 is 1.94 bits per heavy atom. The maximum absolute atomic E-state index is 13.0. The molecule has 1 aromatic heterocycles. The van der Waals surface area contributed by atoms with Crippen LogP contribution >= 0.6 is 11.8 Å². The lowest BCUT2D eigenvalue weighted by Gasteiger charge is -2.16. The van der Waals surface area contributed by atoms with Crippen molar-refractivity contribution >= 4 is 34.9 Å². The van der Waals surface area contributed by atoms with Crippen LogP contribution in [-0.4, -0.2) is 23.8 Å². The molecule has 2 heterocycles. The van der Waals surface area contributed by atoms with Gasteiger partial charge in [-0.05, 0) is 61.0 Å². The zero-order valence-electron chi connectivity index (χ0n) is 19.3. The smallest absolute Gasteiger partial charge is 0.344 e. The Balaban J connectivity index is 1.56. The lowest BCUT2D eigenvalue weighted by atomic mass is 10.1. The zero-order chi connectivity index (χ0) is 25.5. The molecule has 0 aliphatic carbocycles. The van der Waals surface area contributed by atoms with E-state index in [0.29, 0.717) is 5.56 Å². The average molecular weight is 509 g/mol. The highest BCUT2D eigenvalue weighted by molar-refractivity contribution is 7.99. The van der Waals surface area contributed by atoms with Crippen LogP contribution in [0.5, 0.6) is 0 Å². The summed E-state index contributed by atoms with van der Waals surface area (Å²) in [6, 6.07) is 15.2. The molecule has 0 fully saturated rings. The number of carbonyl (C=O) groups is 1. The van der Waals surface area contributed by atoms with E-state index in [1.807, 2.05) is 30.4 Å². The SMILES string of the molecule is CN=C1CCC=CC=C(c2cccnc2Sc2cccc(C(=O)Nc3cccc(C(F)(F)F)c3)c2)N1. The fraction of sp³-hybridized carbons (Fsp3) is 0.148. The number of benzene rings is 2. The number of aromatic nitrogens is 1. The van der Waals surface area contributed by atoms with Gasteiger partial charge < -0.3 is 10.6 Å². The van der Waals surface area contributed by atoms with Crippen LogP contribution in [0, 0.1) is 0 Å². The third-order valence-corrected chi connectivity index (χ3v) is 6.32. The summed E-state index contributed by atoms with van der Waals surface area (Å²) in [5.74, 6) is 0.370. The fourth-order valence-corrected chi connectivity index (χ4v) is 4.49. The standard InChI is InChI=1S/C27H23F3N4OS/c1-31-24-14-4-2-3-13-23(34-24)22-12-7-15-32-26(22)36-21-11-5-8-18(16-21)25(35)33-20-10-6-9-19(17-20)27(28,29)30/h2-3,5-13,15-17H,4,14H2,1H3,(H,31,34)(H,33,35). The van der Waals surface area contributed by atoms with Gasteiger partial charge in [-0.2, -0.15) is 13.2 Å². The summed E-state index contributed by atoms with van der Waals surface area (Å²) in [7, 11) is 1.75. The maximum Gasteiger partial charge on any atom is 0.416 e. The number of halogens is 3. The summed E-state index contributed by atoms with van der Waals surface area (Å²) >= 11 is 1.39. The lowest BCUT2D eigenvalue weighted by molar-refractivity contribution is -0.137. The molecule has 3 aromatic rings. The highest BCUT2D eigenvalue weighted by Crippen LogP contribution is 2.33. The summed E-state index contributed by atoms with van der Waals surface area (Å²) < 4.78 is 39.0. The van der Waals surface area contributed by atoms with Crippen LogP contribution in [0.15, 0.2) is 100 Å². The number of hydrogen-bond acceptors (Lipinski definition) is 4. The Labute approximate surface area is 211 Å². The summed E-state index contributed by atoms with van der Waals surface area (Å²) in [6.45, 7) is 0. The molecule has 0 atom stereocenters. The van der Waals surface area contributed by atoms with Crippen molar-refractivity contribution in [3.63, 3.8) is 0 Å². The molecule has 0 radical (unpaired) electrons. The second-order valence-electron chi connectivity index (χ2n) is 7.86. The molecule has 36 heavy (non-hydrogen) atoms.